The number of nitrogens with zero attached hydrogens (tertiary/aromatic N) is 2. The molecule has 0 radical (unpaired) electrons. The zero-order chi connectivity index (χ0) is 29.8. The average Bonchev–Trinajstić information content (AvgIpc) is 3.49. The minimum Gasteiger partial charge on any atom is -0.362 e. The second-order valence-electron chi connectivity index (χ2n) is 11.0. The fourth-order valence-corrected chi connectivity index (χ4v) is 5.11. The number of halogens is 5. The van der Waals surface area contributed by atoms with Gasteiger partial charge in [-0.15, -0.1) is 0 Å². The van der Waals surface area contributed by atoms with Crippen LogP contribution in [-0.2, 0) is 23.9 Å². The number of primary amides is 1. The van der Waals surface area contributed by atoms with Gasteiger partial charge in [0.2, 0.25) is 18.2 Å². The fraction of sp³-hybridized carbons (Fsp3) is 0.792. The van der Waals surface area contributed by atoms with Crippen molar-refractivity contribution >= 4 is 24.1 Å². The maximum atomic E-state index is 11.9. The third kappa shape index (κ3) is 9.01. The molecule has 0 aromatic carbocycles. The summed E-state index contributed by atoms with van der Waals surface area (Å²) in [6, 6.07) is 1.43. The van der Waals surface area contributed by atoms with Gasteiger partial charge in [-0.3, -0.25) is 19.2 Å². The molecule has 39 heavy (non-hydrogen) atoms. The van der Waals surface area contributed by atoms with Crippen LogP contribution in [0.25, 0.3) is 0 Å². The number of piperidine rings is 1. The monoisotopic (exact) mass is 567 g/mol. The number of hydrogen-bond acceptors (Lipinski definition) is 6. The minimum absolute atomic E-state index is 0.0282. The Balaban J connectivity index is 0.000000223. The molecule has 4 unspecified atom stereocenters. The number of rotatable bonds is 8. The fourth-order valence-electron chi connectivity index (χ4n) is 5.11. The Labute approximate surface area is 222 Å². The van der Waals surface area contributed by atoms with Crippen LogP contribution in [0.3, 0.4) is 0 Å². The molecule has 2 aliphatic carbocycles. The van der Waals surface area contributed by atoms with Crippen molar-refractivity contribution in [3.63, 3.8) is 0 Å². The van der Waals surface area contributed by atoms with E-state index < -0.39 is 30.8 Å². The highest BCUT2D eigenvalue weighted by atomic mass is 19.4. The van der Waals surface area contributed by atoms with Crippen molar-refractivity contribution in [1.29, 1.82) is 5.26 Å². The van der Waals surface area contributed by atoms with Crippen LogP contribution in [-0.4, -0.2) is 72.6 Å². The summed E-state index contributed by atoms with van der Waals surface area (Å²) in [4.78, 5) is 44.5. The lowest BCUT2D eigenvalue weighted by atomic mass is 9.96. The molecule has 220 valence electrons. The van der Waals surface area contributed by atoms with E-state index in [0.717, 1.165) is 32.4 Å². The number of carbonyl (C=O) groups excluding carboxylic acids is 4. The summed E-state index contributed by atoms with van der Waals surface area (Å²) in [5.74, 6) is -1.23. The number of hydrogen-bond donors (Lipinski definition) is 3. The minimum atomic E-state index is -4.86. The molecular formula is C24H34F5N5O5. The second-order valence-corrected chi connectivity index (χ2v) is 11.0. The first kappa shape index (κ1) is 32.2. The number of amides is 4. The number of fused-ring (bicyclic) bond motifs is 1. The number of alkyl halides is 5. The molecule has 0 bridgehead atoms. The first-order valence-electron chi connectivity index (χ1n) is 12.4. The summed E-state index contributed by atoms with van der Waals surface area (Å²) in [6.45, 7) is 4.68. The van der Waals surface area contributed by atoms with Crippen LogP contribution in [0.15, 0.2) is 0 Å². The predicted molar refractivity (Wildman–Crippen MR) is 125 cm³/mol. The number of ether oxygens (including phenoxy) is 1. The molecule has 4 aliphatic rings. The van der Waals surface area contributed by atoms with E-state index in [-0.39, 0.29) is 29.7 Å². The van der Waals surface area contributed by atoms with Crippen molar-refractivity contribution in [2.45, 2.75) is 83.3 Å². The Kier molecular flexibility index (Phi) is 10.3. The van der Waals surface area contributed by atoms with Gasteiger partial charge in [0.15, 0.2) is 0 Å². The van der Waals surface area contributed by atoms with Crippen LogP contribution in [0.4, 0.5) is 22.0 Å². The Bertz CT molecular complexity index is 952. The summed E-state index contributed by atoms with van der Waals surface area (Å²) >= 11 is 0. The van der Waals surface area contributed by atoms with Crippen LogP contribution in [0.2, 0.25) is 0 Å². The number of nitrogens with two attached hydrogens (primary N) is 1. The van der Waals surface area contributed by atoms with E-state index in [2.05, 4.69) is 35.0 Å². The highest BCUT2D eigenvalue weighted by Crippen LogP contribution is 2.62. The smallest absolute Gasteiger partial charge is 0.362 e. The molecule has 2 aliphatic heterocycles. The Morgan fingerprint density at radius 1 is 1.28 bits per heavy atom. The van der Waals surface area contributed by atoms with E-state index in [9.17, 15) is 36.3 Å². The van der Waals surface area contributed by atoms with Gasteiger partial charge in [-0.2, -0.15) is 27.2 Å². The number of nitrogens with one attached hydrogen (secondary N) is 2. The highest BCUT2D eigenvalue weighted by molar-refractivity contribution is 5.83. The molecule has 1 spiro atoms. The van der Waals surface area contributed by atoms with E-state index >= 15 is 0 Å². The molecule has 5 atom stereocenters. The molecule has 15 heteroatoms. The topological polar surface area (TPSA) is 155 Å². The highest BCUT2D eigenvalue weighted by Gasteiger charge is 2.62. The lowest BCUT2D eigenvalue weighted by Gasteiger charge is -2.23. The summed E-state index contributed by atoms with van der Waals surface area (Å²) in [5.41, 5.74) is 4.21. The van der Waals surface area contributed by atoms with Crippen LogP contribution in [0.5, 0.6) is 0 Å². The standard InChI is InChI=1S/C12H19F2NO2.C10H13N3O2.C2H2F3NO/c1-7(17-11(13)14)4-10(16)15-5-8-9(6-15)12(8,2)3;11-5-8(12-6-14)3-7-4-10(1-2-10)13-9(7)15;3-2(4,5)1(6)7/h7-9,11H,4-6H2,1-3H3;6-8H,1-4H2,(H,12,14)(H,13,15);(H2,6,7)/t7-,8?,9?;;/m1../s1. The number of nitriles is 1. The molecule has 10 nitrogen and oxygen atoms in total. The molecule has 4 rings (SSSR count). The van der Waals surface area contributed by atoms with E-state index in [1.54, 1.807) is 4.90 Å². The van der Waals surface area contributed by atoms with Gasteiger partial charge in [-0.25, -0.2) is 0 Å². The summed E-state index contributed by atoms with van der Waals surface area (Å²) in [7, 11) is 0. The van der Waals surface area contributed by atoms with Gasteiger partial charge in [-0.05, 0) is 49.9 Å². The zero-order valence-electron chi connectivity index (χ0n) is 21.9. The maximum Gasteiger partial charge on any atom is 0.470 e. The lowest BCUT2D eigenvalue weighted by Crippen LogP contribution is -2.35. The molecule has 2 heterocycles. The molecule has 4 fully saturated rings. The molecule has 2 saturated carbocycles. The van der Waals surface area contributed by atoms with Crippen molar-refractivity contribution < 1.29 is 45.9 Å². The third-order valence-corrected chi connectivity index (χ3v) is 7.75. The van der Waals surface area contributed by atoms with Crippen molar-refractivity contribution in [3.8, 4) is 6.07 Å². The van der Waals surface area contributed by atoms with Crippen LogP contribution in [0.1, 0.15) is 52.9 Å². The maximum absolute atomic E-state index is 11.9. The summed E-state index contributed by atoms with van der Waals surface area (Å²) < 4.78 is 60.3. The Morgan fingerprint density at radius 3 is 2.21 bits per heavy atom. The van der Waals surface area contributed by atoms with E-state index in [1.165, 1.54) is 6.92 Å². The normalized spacial score (nSPS) is 26.5. The molecule has 0 aromatic rings. The van der Waals surface area contributed by atoms with Crippen molar-refractivity contribution in [2.24, 2.45) is 28.9 Å². The van der Waals surface area contributed by atoms with Crippen LogP contribution >= 0.6 is 0 Å². The Morgan fingerprint density at radius 2 is 1.82 bits per heavy atom. The zero-order valence-corrected chi connectivity index (χ0v) is 21.9. The molecule has 4 amide bonds. The SMILES string of the molecule is C[C@H](CC(=O)N1CC2C(C1)C2(C)C)OC(F)F.N#CC(CC1CC2(CC2)NC1=O)NC=O.NC(=O)C(F)(F)F. The molecule has 4 N–H and O–H groups in total. The summed E-state index contributed by atoms with van der Waals surface area (Å²) in [5, 5.41) is 14.1. The van der Waals surface area contributed by atoms with Crippen LogP contribution in [0, 0.1) is 34.5 Å². The van der Waals surface area contributed by atoms with Gasteiger partial charge in [0.05, 0.1) is 18.6 Å². The van der Waals surface area contributed by atoms with E-state index in [4.69, 9.17) is 10.1 Å². The second kappa shape index (κ2) is 12.4. The molecular weight excluding hydrogens is 533 g/mol. The van der Waals surface area contributed by atoms with Gasteiger partial charge in [0.1, 0.15) is 6.04 Å². The van der Waals surface area contributed by atoms with Crippen LogP contribution < -0.4 is 16.4 Å². The quantitative estimate of drug-likeness (QED) is 0.300. The number of carbonyl (C=O) groups is 4. The van der Waals surface area contributed by atoms with Gasteiger partial charge in [-0.1, -0.05) is 13.8 Å². The van der Waals surface area contributed by atoms with Crippen molar-refractivity contribution in [2.75, 3.05) is 13.1 Å². The lowest BCUT2D eigenvalue weighted by molar-refractivity contribution is -0.169. The number of likely N-dealkylation sites (tertiary alicyclic amines) is 1. The largest absolute Gasteiger partial charge is 0.470 e. The first-order chi connectivity index (χ1) is 18.0. The van der Waals surface area contributed by atoms with Gasteiger partial charge in [0.25, 0.3) is 0 Å². The first-order valence-corrected chi connectivity index (χ1v) is 12.4. The Hall–Kier alpha value is -3.02. The molecule has 0 aromatic heterocycles. The van der Waals surface area contributed by atoms with E-state index in [0.29, 0.717) is 30.1 Å². The third-order valence-electron chi connectivity index (χ3n) is 7.75. The summed E-state index contributed by atoms with van der Waals surface area (Å²) in [6.07, 6.45) is -1.70. The van der Waals surface area contributed by atoms with E-state index in [1.807, 2.05) is 6.07 Å². The van der Waals surface area contributed by atoms with Gasteiger partial charge < -0.3 is 26.0 Å². The predicted octanol–water partition coefficient (Wildman–Crippen LogP) is 1.84. The van der Waals surface area contributed by atoms with Gasteiger partial charge >= 0.3 is 18.7 Å². The average molecular weight is 568 g/mol. The van der Waals surface area contributed by atoms with Crippen molar-refractivity contribution in [1.82, 2.24) is 15.5 Å². The van der Waals surface area contributed by atoms with Crippen molar-refractivity contribution in [3.05, 3.63) is 0 Å². The van der Waals surface area contributed by atoms with Gasteiger partial charge in [0, 0.05) is 24.5 Å². The molecule has 2 saturated heterocycles.